The minimum atomic E-state index is -0.622. The number of aromatic nitrogens is 2. The average Bonchev–Trinajstić information content (AvgIpc) is 3.28. The van der Waals surface area contributed by atoms with Gasteiger partial charge in [-0.2, -0.15) is 0 Å². The molecule has 0 saturated carbocycles. The van der Waals surface area contributed by atoms with Gasteiger partial charge in [0.25, 0.3) is 0 Å². The van der Waals surface area contributed by atoms with E-state index in [0.717, 1.165) is 33.5 Å². The Labute approximate surface area is 171 Å². The van der Waals surface area contributed by atoms with E-state index in [4.69, 9.17) is 10.1 Å². The van der Waals surface area contributed by atoms with Crippen LogP contribution in [-0.4, -0.2) is 27.6 Å². The second kappa shape index (κ2) is 7.85. The van der Waals surface area contributed by atoms with E-state index in [-0.39, 0.29) is 5.78 Å². The molecular formula is C21H19N3O2S2. The van der Waals surface area contributed by atoms with Crippen LogP contribution in [0.3, 0.4) is 0 Å². The summed E-state index contributed by atoms with van der Waals surface area (Å²) in [6.07, 6.45) is 2.65. The van der Waals surface area contributed by atoms with Gasteiger partial charge in [-0.1, -0.05) is 49.0 Å². The Morgan fingerprint density at radius 1 is 1.14 bits per heavy atom. The molecule has 1 aliphatic rings. The first-order valence-corrected chi connectivity index (χ1v) is 10.7. The van der Waals surface area contributed by atoms with E-state index in [0.29, 0.717) is 21.6 Å². The van der Waals surface area contributed by atoms with Crippen LogP contribution in [0, 0.1) is 5.41 Å². The number of carbonyl (C=O) groups is 1. The lowest BCUT2D eigenvalue weighted by Gasteiger charge is -2.10. The Kier molecular flexibility index (Phi) is 5.28. The molecule has 0 radical (unpaired) electrons. The van der Waals surface area contributed by atoms with Gasteiger partial charge in [0.1, 0.15) is 21.7 Å². The minimum absolute atomic E-state index is 0.0771. The highest BCUT2D eigenvalue weighted by Gasteiger charge is 2.39. The van der Waals surface area contributed by atoms with Crippen LogP contribution in [0.4, 0.5) is 0 Å². The van der Waals surface area contributed by atoms with Gasteiger partial charge < -0.3 is 4.74 Å². The molecule has 1 atom stereocenters. The molecule has 1 aromatic heterocycles. The van der Waals surface area contributed by atoms with Crippen LogP contribution < -0.4 is 4.74 Å². The van der Waals surface area contributed by atoms with Crippen molar-refractivity contribution in [1.29, 1.82) is 5.41 Å². The predicted molar refractivity (Wildman–Crippen MR) is 115 cm³/mol. The Morgan fingerprint density at radius 3 is 2.64 bits per heavy atom. The van der Waals surface area contributed by atoms with E-state index in [9.17, 15) is 4.79 Å². The fraction of sp³-hybridized carbons (Fsp3) is 0.238. The highest BCUT2D eigenvalue weighted by molar-refractivity contribution is 8.19. The van der Waals surface area contributed by atoms with Crippen LogP contribution in [0.25, 0.3) is 16.8 Å². The third-order valence-corrected chi connectivity index (χ3v) is 6.65. The highest BCUT2D eigenvalue weighted by atomic mass is 32.2. The minimum Gasteiger partial charge on any atom is -0.493 e. The van der Waals surface area contributed by atoms with E-state index in [1.807, 2.05) is 56.3 Å². The summed E-state index contributed by atoms with van der Waals surface area (Å²) < 4.78 is 5.73. The molecule has 1 fully saturated rings. The van der Waals surface area contributed by atoms with Gasteiger partial charge in [-0.15, -0.1) is 21.5 Å². The van der Waals surface area contributed by atoms with Gasteiger partial charge in [0, 0.05) is 5.39 Å². The van der Waals surface area contributed by atoms with Crippen LogP contribution in [0.15, 0.2) is 41.3 Å². The fourth-order valence-corrected chi connectivity index (χ4v) is 5.13. The van der Waals surface area contributed by atoms with Crippen LogP contribution in [0.2, 0.25) is 0 Å². The molecule has 0 aliphatic carbocycles. The largest absolute Gasteiger partial charge is 0.493 e. The molecule has 1 aliphatic heterocycles. The maximum absolute atomic E-state index is 13.0. The molecule has 0 amide bonds. The smallest absolute Gasteiger partial charge is 0.186 e. The maximum Gasteiger partial charge on any atom is 0.186 e. The third-order valence-electron chi connectivity index (χ3n) is 4.52. The summed E-state index contributed by atoms with van der Waals surface area (Å²) in [6.45, 7) is 4.56. The van der Waals surface area contributed by atoms with Gasteiger partial charge in [0.15, 0.2) is 5.78 Å². The Hall–Kier alpha value is -2.51. The number of benzene rings is 2. The molecule has 142 valence electrons. The number of ketones is 1. The Bertz CT molecular complexity index is 1100. The van der Waals surface area contributed by atoms with Crippen LogP contribution in [0.5, 0.6) is 5.75 Å². The van der Waals surface area contributed by atoms with Crippen molar-refractivity contribution in [3.05, 3.63) is 56.9 Å². The number of hydrogen-bond donors (Lipinski definition) is 1. The molecule has 0 spiro atoms. The fourth-order valence-electron chi connectivity index (χ4n) is 3.18. The van der Waals surface area contributed by atoms with Gasteiger partial charge in [-0.3, -0.25) is 10.2 Å². The quantitative estimate of drug-likeness (QED) is 0.595. The van der Waals surface area contributed by atoms with Crippen molar-refractivity contribution >= 4 is 50.8 Å². The van der Waals surface area contributed by atoms with Crippen molar-refractivity contribution < 1.29 is 9.53 Å². The number of carbonyl (C=O) groups excluding carboxylic acids is 1. The number of hydrogen-bond acceptors (Lipinski definition) is 7. The first-order chi connectivity index (χ1) is 13.6. The van der Waals surface area contributed by atoms with Crippen molar-refractivity contribution in [2.75, 3.05) is 6.61 Å². The van der Waals surface area contributed by atoms with Gasteiger partial charge >= 0.3 is 0 Å². The van der Waals surface area contributed by atoms with Crippen molar-refractivity contribution in [2.45, 2.75) is 26.2 Å². The number of ether oxygens (including phenoxy) is 1. The molecule has 0 unspecified atom stereocenters. The van der Waals surface area contributed by atoms with E-state index in [2.05, 4.69) is 10.2 Å². The van der Waals surface area contributed by atoms with Crippen LogP contribution in [0.1, 0.15) is 35.3 Å². The van der Waals surface area contributed by atoms with Crippen LogP contribution >= 0.6 is 23.1 Å². The summed E-state index contributed by atoms with van der Waals surface area (Å²) in [6, 6.07) is 11.9. The number of Topliss-reactive ketones (excluding diaryl/α,β-unsaturated/α-hetero) is 1. The molecule has 0 bridgehead atoms. The molecule has 28 heavy (non-hydrogen) atoms. The van der Waals surface area contributed by atoms with Gasteiger partial charge in [0.05, 0.1) is 16.6 Å². The maximum atomic E-state index is 13.0. The molecule has 4 rings (SSSR count). The standard InChI is InChI=1S/C21H19N3O2S2/c1-3-17-23-24-21(28-17)18-19(25)16(27-20(18)22)11-12-9-10-15(26-4-2)14-8-6-5-7-13(12)14/h5-11,18,22H,3-4H2,1-2H3/b16-11-,22-20?/t18-/m1/s1. The molecule has 7 heteroatoms. The first-order valence-electron chi connectivity index (χ1n) is 9.11. The van der Waals surface area contributed by atoms with E-state index < -0.39 is 5.92 Å². The van der Waals surface area contributed by atoms with Crippen LogP contribution in [-0.2, 0) is 11.2 Å². The van der Waals surface area contributed by atoms with Crippen molar-refractivity contribution in [3.63, 3.8) is 0 Å². The summed E-state index contributed by atoms with van der Waals surface area (Å²) in [5.41, 5.74) is 0.940. The van der Waals surface area contributed by atoms with Gasteiger partial charge in [-0.25, -0.2) is 0 Å². The lowest BCUT2D eigenvalue weighted by Crippen LogP contribution is -2.11. The molecule has 2 aromatic carbocycles. The summed E-state index contributed by atoms with van der Waals surface area (Å²) in [4.78, 5) is 13.6. The zero-order valence-corrected chi connectivity index (χ0v) is 17.2. The highest BCUT2D eigenvalue weighted by Crippen LogP contribution is 2.42. The monoisotopic (exact) mass is 409 g/mol. The zero-order chi connectivity index (χ0) is 19.7. The molecule has 1 N–H and O–H groups in total. The zero-order valence-electron chi connectivity index (χ0n) is 15.6. The summed E-state index contributed by atoms with van der Waals surface area (Å²) in [5.74, 6) is 0.131. The molecule has 3 aromatic rings. The summed E-state index contributed by atoms with van der Waals surface area (Å²) in [5, 5.41) is 20.4. The summed E-state index contributed by atoms with van der Waals surface area (Å²) >= 11 is 2.63. The lowest BCUT2D eigenvalue weighted by molar-refractivity contribution is -0.114. The Balaban J connectivity index is 1.73. The third kappa shape index (κ3) is 3.36. The summed E-state index contributed by atoms with van der Waals surface area (Å²) in [7, 11) is 0. The SMILES string of the molecule is CCOc1ccc(/C=C2\SC(=N)[C@H](c3nnc(CC)s3)C2=O)c2ccccc12. The van der Waals surface area contributed by atoms with E-state index in [1.54, 1.807) is 0 Å². The second-order valence-electron chi connectivity index (χ2n) is 6.29. The van der Waals surface area contributed by atoms with E-state index >= 15 is 0 Å². The Morgan fingerprint density at radius 2 is 1.93 bits per heavy atom. The number of thioether (sulfide) groups is 1. The van der Waals surface area contributed by atoms with Gasteiger partial charge in [0.2, 0.25) is 0 Å². The van der Waals surface area contributed by atoms with Crippen molar-refractivity contribution in [1.82, 2.24) is 10.2 Å². The normalized spacial score (nSPS) is 18.4. The number of aryl methyl sites for hydroxylation is 1. The number of allylic oxidation sites excluding steroid dienone is 1. The number of fused-ring (bicyclic) bond motifs is 1. The first kappa shape index (κ1) is 18.8. The molecule has 1 saturated heterocycles. The number of rotatable bonds is 5. The lowest BCUT2D eigenvalue weighted by atomic mass is 10.0. The van der Waals surface area contributed by atoms with Crippen molar-refractivity contribution in [3.8, 4) is 5.75 Å². The van der Waals surface area contributed by atoms with E-state index in [1.165, 1.54) is 23.1 Å². The number of nitrogens with one attached hydrogen (secondary N) is 1. The van der Waals surface area contributed by atoms with Gasteiger partial charge in [-0.05, 0) is 36.4 Å². The average molecular weight is 410 g/mol. The van der Waals surface area contributed by atoms with Crippen molar-refractivity contribution in [2.24, 2.45) is 0 Å². The topological polar surface area (TPSA) is 75.9 Å². The molecular weight excluding hydrogens is 390 g/mol. The molecule has 5 nitrogen and oxygen atoms in total. The predicted octanol–water partition coefficient (Wildman–Crippen LogP) is 5.07. The molecule has 2 heterocycles. The number of nitrogens with zero attached hydrogens (tertiary/aromatic N) is 2. The second-order valence-corrected chi connectivity index (χ2v) is 8.47.